The number of nitrogens with zero attached hydrogens (tertiary/aromatic N) is 1. The molecular weight excluding hydrogens is 392 g/mol. The first-order chi connectivity index (χ1) is 14.9. The van der Waals surface area contributed by atoms with E-state index in [9.17, 15) is 14.4 Å². The van der Waals surface area contributed by atoms with Gasteiger partial charge in [-0.1, -0.05) is 51.1 Å². The van der Waals surface area contributed by atoms with E-state index in [1.165, 1.54) is 5.56 Å². The summed E-state index contributed by atoms with van der Waals surface area (Å²) in [6.45, 7) is 6.19. The van der Waals surface area contributed by atoms with E-state index in [-0.39, 0.29) is 25.5 Å². The van der Waals surface area contributed by atoms with Crippen LogP contribution in [0.1, 0.15) is 50.7 Å². The van der Waals surface area contributed by atoms with Crippen molar-refractivity contribution in [2.45, 2.75) is 46.0 Å². The summed E-state index contributed by atoms with van der Waals surface area (Å²) in [6, 6.07) is 15.3. The fourth-order valence-electron chi connectivity index (χ4n) is 3.74. The Morgan fingerprint density at radius 2 is 1.84 bits per heavy atom. The van der Waals surface area contributed by atoms with Crippen LogP contribution < -0.4 is 10.2 Å². The summed E-state index contributed by atoms with van der Waals surface area (Å²) < 4.78 is 5.21. The quantitative estimate of drug-likeness (QED) is 0.644. The number of hydrogen-bond donors (Lipinski definition) is 1. The molecule has 2 aromatic carbocycles. The number of carbonyl (C=O) groups excluding carboxylic acids is 3. The zero-order valence-electron chi connectivity index (χ0n) is 18.4. The Labute approximate surface area is 183 Å². The van der Waals surface area contributed by atoms with Gasteiger partial charge < -0.3 is 15.0 Å². The number of esters is 1. The number of carbonyl (C=O) groups is 3. The average molecular weight is 423 g/mol. The average Bonchev–Trinajstić information content (AvgIpc) is 3.19. The number of ether oxygens (including phenoxy) is 1. The maximum Gasteiger partial charge on any atom is 0.311 e. The number of aryl methyl sites for hydroxylation is 1. The number of nitrogens with one attached hydrogen (secondary N) is 1. The first kappa shape index (κ1) is 22.5. The van der Waals surface area contributed by atoms with E-state index < -0.39 is 17.8 Å². The Balaban J connectivity index is 1.56. The fourth-order valence-corrected chi connectivity index (χ4v) is 3.74. The van der Waals surface area contributed by atoms with Gasteiger partial charge in [0.15, 0.2) is 6.61 Å². The van der Waals surface area contributed by atoms with Crippen LogP contribution in [0.5, 0.6) is 0 Å². The predicted octanol–water partition coefficient (Wildman–Crippen LogP) is 4.30. The van der Waals surface area contributed by atoms with E-state index in [1.807, 2.05) is 48.5 Å². The summed E-state index contributed by atoms with van der Waals surface area (Å²) in [6.07, 6.45) is 1.97. The minimum absolute atomic E-state index is 0.0910. The predicted molar refractivity (Wildman–Crippen MR) is 121 cm³/mol. The van der Waals surface area contributed by atoms with Crippen molar-refractivity contribution in [1.29, 1.82) is 0 Å². The lowest BCUT2D eigenvalue weighted by Gasteiger charge is -2.23. The molecule has 1 N–H and O–H groups in total. The first-order valence-corrected chi connectivity index (χ1v) is 10.9. The molecule has 1 aliphatic heterocycles. The van der Waals surface area contributed by atoms with Gasteiger partial charge in [0.1, 0.15) is 0 Å². The van der Waals surface area contributed by atoms with Gasteiger partial charge in [-0.25, -0.2) is 0 Å². The SMILES string of the molecule is CCc1ccc(NC(=O)COC(=O)[C@@H]2CC(=O)N(c3ccccc3[C@H](C)CC)C2)cc1. The third kappa shape index (κ3) is 5.51. The van der Waals surface area contributed by atoms with Gasteiger partial charge in [-0.15, -0.1) is 0 Å². The summed E-state index contributed by atoms with van der Waals surface area (Å²) in [7, 11) is 0. The molecule has 1 aliphatic rings. The molecule has 31 heavy (non-hydrogen) atoms. The van der Waals surface area contributed by atoms with Gasteiger partial charge in [0.2, 0.25) is 5.91 Å². The van der Waals surface area contributed by atoms with E-state index in [0.717, 1.165) is 24.1 Å². The minimum Gasteiger partial charge on any atom is -0.455 e. The number of benzene rings is 2. The molecule has 0 aromatic heterocycles. The Kier molecular flexibility index (Phi) is 7.45. The second-order valence-electron chi connectivity index (χ2n) is 7.98. The lowest BCUT2D eigenvalue weighted by Crippen LogP contribution is -2.29. The molecule has 0 unspecified atom stereocenters. The van der Waals surface area contributed by atoms with E-state index in [0.29, 0.717) is 11.6 Å². The number of para-hydroxylation sites is 1. The number of anilines is 2. The van der Waals surface area contributed by atoms with Crippen molar-refractivity contribution in [1.82, 2.24) is 0 Å². The summed E-state index contributed by atoms with van der Waals surface area (Å²) in [5.74, 6) is -1.29. The minimum atomic E-state index is -0.575. The second kappa shape index (κ2) is 10.2. The number of rotatable bonds is 8. The highest BCUT2D eigenvalue weighted by atomic mass is 16.5. The van der Waals surface area contributed by atoms with Gasteiger partial charge in [0.05, 0.1) is 5.92 Å². The van der Waals surface area contributed by atoms with Crippen molar-refractivity contribution in [3.05, 3.63) is 59.7 Å². The zero-order chi connectivity index (χ0) is 22.4. The summed E-state index contributed by atoms with van der Waals surface area (Å²) in [4.78, 5) is 38.9. The first-order valence-electron chi connectivity index (χ1n) is 10.9. The van der Waals surface area contributed by atoms with Crippen molar-refractivity contribution in [2.24, 2.45) is 5.92 Å². The third-order valence-corrected chi connectivity index (χ3v) is 5.82. The Hall–Kier alpha value is -3.15. The fraction of sp³-hybridized carbons (Fsp3) is 0.400. The molecule has 164 valence electrons. The molecule has 2 aromatic rings. The van der Waals surface area contributed by atoms with Gasteiger partial charge >= 0.3 is 5.97 Å². The van der Waals surface area contributed by atoms with Crippen LogP contribution in [0.3, 0.4) is 0 Å². The molecule has 2 amide bonds. The summed E-state index contributed by atoms with van der Waals surface area (Å²) in [5.41, 5.74) is 3.78. The molecule has 1 heterocycles. The van der Waals surface area contributed by atoms with Crippen LogP contribution in [-0.4, -0.2) is 30.9 Å². The van der Waals surface area contributed by atoms with E-state index in [1.54, 1.807) is 4.90 Å². The number of hydrogen-bond acceptors (Lipinski definition) is 4. The van der Waals surface area contributed by atoms with Crippen LogP contribution >= 0.6 is 0 Å². The van der Waals surface area contributed by atoms with Crippen LogP contribution in [0, 0.1) is 5.92 Å². The number of amides is 2. The lowest BCUT2D eigenvalue weighted by atomic mass is 9.96. The highest BCUT2D eigenvalue weighted by Crippen LogP contribution is 2.33. The van der Waals surface area contributed by atoms with Crippen LogP contribution in [0.2, 0.25) is 0 Å². The lowest BCUT2D eigenvalue weighted by molar-refractivity contribution is -0.151. The van der Waals surface area contributed by atoms with Crippen LogP contribution in [0.15, 0.2) is 48.5 Å². The van der Waals surface area contributed by atoms with Crippen LogP contribution in [-0.2, 0) is 25.5 Å². The van der Waals surface area contributed by atoms with Crippen molar-refractivity contribution < 1.29 is 19.1 Å². The maximum atomic E-state index is 12.6. The molecule has 0 saturated carbocycles. The van der Waals surface area contributed by atoms with Crippen LogP contribution in [0.25, 0.3) is 0 Å². The zero-order valence-corrected chi connectivity index (χ0v) is 18.4. The van der Waals surface area contributed by atoms with Crippen molar-refractivity contribution in [3.63, 3.8) is 0 Å². The Bertz CT molecular complexity index is 939. The highest BCUT2D eigenvalue weighted by Gasteiger charge is 2.37. The normalized spacial score (nSPS) is 16.8. The summed E-state index contributed by atoms with van der Waals surface area (Å²) >= 11 is 0. The topological polar surface area (TPSA) is 75.7 Å². The summed E-state index contributed by atoms with van der Waals surface area (Å²) in [5, 5.41) is 2.72. The molecule has 0 aliphatic carbocycles. The van der Waals surface area contributed by atoms with Crippen molar-refractivity contribution in [2.75, 3.05) is 23.4 Å². The van der Waals surface area contributed by atoms with Crippen molar-refractivity contribution in [3.8, 4) is 0 Å². The highest BCUT2D eigenvalue weighted by molar-refractivity contribution is 6.00. The molecule has 3 rings (SSSR count). The van der Waals surface area contributed by atoms with E-state index >= 15 is 0 Å². The molecule has 0 radical (unpaired) electrons. The van der Waals surface area contributed by atoms with E-state index in [4.69, 9.17) is 4.74 Å². The molecule has 1 fully saturated rings. The van der Waals surface area contributed by atoms with Gasteiger partial charge in [-0.2, -0.15) is 0 Å². The van der Waals surface area contributed by atoms with Gasteiger partial charge in [-0.3, -0.25) is 14.4 Å². The van der Waals surface area contributed by atoms with Gasteiger partial charge in [0, 0.05) is 24.3 Å². The largest absolute Gasteiger partial charge is 0.455 e. The molecule has 6 heteroatoms. The second-order valence-corrected chi connectivity index (χ2v) is 7.98. The monoisotopic (exact) mass is 422 g/mol. The van der Waals surface area contributed by atoms with Gasteiger partial charge in [0.25, 0.3) is 5.91 Å². The molecule has 2 atom stereocenters. The van der Waals surface area contributed by atoms with Crippen molar-refractivity contribution >= 4 is 29.2 Å². The molecular formula is C25H30N2O4. The Morgan fingerprint density at radius 3 is 2.52 bits per heavy atom. The molecule has 6 nitrogen and oxygen atoms in total. The third-order valence-electron chi connectivity index (χ3n) is 5.82. The van der Waals surface area contributed by atoms with Gasteiger partial charge in [-0.05, 0) is 48.1 Å². The Morgan fingerprint density at radius 1 is 1.13 bits per heavy atom. The van der Waals surface area contributed by atoms with Crippen LogP contribution in [0.4, 0.5) is 11.4 Å². The molecule has 1 saturated heterocycles. The maximum absolute atomic E-state index is 12.6. The van der Waals surface area contributed by atoms with E-state index in [2.05, 4.69) is 26.1 Å². The molecule has 0 bridgehead atoms. The standard InChI is InChI=1S/C25H30N2O4/c1-4-17(3)21-8-6-7-9-22(21)27-15-19(14-24(27)29)25(30)31-16-23(28)26-20-12-10-18(5-2)11-13-20/h6-13,17,19H,4-5,14-16H2,1-3H3,(H,26,28)/t17-,19-/m1/s1. The smallest absolute Gasteiger partial charge is 0.311 e. The molecule has 0 spiro atoms.